The molecule has 1 aliphatic rings. The van der Waals surface area contributed by atoms with Gasteiger partial charge in [-0.2, -0.15) is 0 Å². The Morgan fingerprint density at radius 3 is 2.75 bits per heavy atom. The molecule has 0 aromatic heterocycles. The highest BCUT2D eigenvalue weighted by Crippen LogP contribution is 2.01. The fourth-order valence-electron chi connectivity index (χ4n) is 0.936. The second kappa shape index (κ2) is 4.57. The number of hydrogen-bond donors (Lipinski definition) is 2. The van der Waals surface area contributed by atoms with Gasteiger partial charge in [-0.25, -0.2) is 0 Å². The Labute approximate surface area is 74.6 Å². The third kappa shape index (κ3) is 2.91. The predicted octanol–water partition coefficient (Wildman–Crippen LogP) is -1.30. The van der Waals surface area contributed by atoms with Gasteiger partial charge in [0.15, 0.2) is 0 Å². The van der Waals surface area contributed by atoms with E-state index < -0.39 is 10.8 Å². The molecule has 70 valence electrons. The Morgan fingerprint density at radius 2 is 2.33 bits per heavy atom. The van der Waals surface area contributed by atoms with Crippen LogP contribution >= 0.6 is 0 Å². The third-order valence-electron chi connectivity index (χ3n) is 1.84. The SMILES string of the molecule is CS(=O)CCNC(=O)C1CNC1. The molecule has 1 saturated heterocycles. The number of rotatable bonds is 4. The van der Waals surface area contributed by atoms with Crippen LogP contribution in [-0.2, 0) is 15.6 Å². The van der Waals surface area contributed by atoms with Crippen LogP contribution in [0, 0.1) is 5.92 Å². The van der Waals surface area contributed by atoms with Crippen molar-refractivity contribution in [3.63, 3.8) is 0 Å². The summed E-state index contributed by atoms with van der Waals surface area (Å²) in [5, 5.41) is 5.76. The molecule has 0 bridgehead atoms. The predicted molar refractivity (Wildman–Crippen MR) is 48.3 cm³/mol. The molecule has 2 N–H and O–H groups in total. The average Bonchev–Trinajstić information content (AvgIpc) is 1.81. The van der Waals surface area contributed by atoms with E-state index in [4.69, 9.17) is 0 Å². The molecule has 0 radical (unpaired) electrons. The van der Waals surface area contributed by atoms with Crippen LogP contribution in [0.15, 0.2) is 0 Å². The Bertz CT molecular complexity index is 192. The second-order valence-corrected chi connectivity index (χ2v) is 4.48. The van der Waals surface area contributed by atoms with E-state index >= 15 is 0 Å². The van der Waals surface area contributed by atoms with Gasteiger partial charge in [0.05, 0.1) is 5.92 Å². The van der Waals surface area contributed by atoms with Crippen LogP contribution in [-0.4, -0.2) is 41.8 Å². The van der Waals surface area contributed by atoms with Gasteiger partial charge in [0, 0.05) is 42.4 Å². The van der Waals surface area contributed by atoms with E-state index in [1.807, 2.05) is 0 Å². The molecule has 1 rings (SSSR count). The number of carbonyl (C=O) groups is 1. The first-order chi connectivity index (χ1) is 5.70. The quantitative estimate of drug-likeness (QED) is 0.579. The molecule has 0 saturated carbocycles. The fourth-order valence-corrected chi connectivity index (χ4v) is 1.33. The molecule has 0 aliphatic carbocycles. The summed E-state index contributed by atoms with van der Waals surface area (Å²) in [5.41, 5.74) is 0. The lowest BCUT2D eigenvalue weighted by atomic mass is 10.0. The van der Waals surface area contributed by atoms with E-state index in [9.17, 15) is 9.00 Å². The highest BCUT2D eigenvalue weighted by atomic mass is 32.2. The van der Waals surface area contributed by atoms with Crippen molar-refractivity contribution in [1.29, 1.82) is 0 Å². The molecular formula is C7H14N2O2S. The van der Waals surface area contributed by atoms with Crippen molar-refractivity contribution in [3.05, 3.63) is 0 Å². The molecule has 1 amide bonds. The Balaban J connectivity index is 2.05. The zero-order valence-electron chi connectivity index (χ0n) is 7.13. The maximum Gasteiger partial charge on any atom is 0.225 e. The Hall–Kier alpha value is -0.420. The summed E-state index contributed by atoms with van der Waals surface area (Å²) in [6.07, 6.45) is 1.64. The molecule has 5 heteroatoms. The van der Waals surface area contributed by atoms with E-state index in [2.05, 4.69) is 10.6 Å². The molecule has 4 nitrogen and oxygen atoms in total. The van der Waals surface area contributed by atoms with E-state index in [1.54, 1.807) is 6.26 Å². The molecule has 0 aromatic rings. The van der Waals surface area contributed by atoms with E-state index in [0.29, 0.717) is 12.3 Å². The lowest BCUT2D eigenvalue weighted by Gasteiger charge is -2.25. The number of hydrogen-bond acceptors (Lipinski definition) is 3. The van der Waals surface area contributed by atoms with E-state index in [1.165, 1.54) is 0 Å². The van der Waals surface area contributed by atoms with Crippen LogP contribution in [0.2, 0.25) is 0 Å². The van der Waals surface area contributed by atoms with Crippen LogP contribution < -0.4 is 10.6 Å². The van der Waals surface area contributed by atoms with Gasteiger partial charge in [0.2, 0.25) is 5.91 Å². The average molecular weight is 190 g/mol. The highest BCUT2D eigenvalue weighted by molar-refractivity contribution is 7.84. The first-order valence-electron chi connectivity index (χ1n) is 3.98. The highest BCUT2D eigenvalue weighted by Gasteiger charge is 2.23. The molecular weight excluding hydrogens is 176 g/mol. The molecule has 1 atom stereocenters. The van der Waals surface area contributed by atoms with Crippen molar-refractivity contribution in [2.45, 2.75) is 0 Å². The lowest BCUT2D eigenvalue weighted by Crippen LogP contribution is -2.51. The second-order valence-electron chi connectivity index (χ2n) is 2.92. The van der Waals surface area contributed by atoms with E-state index in [-0.39, 0.29) is 11.8 Å². The molecule has 12 heavy (non-hydrogen) atoms. The van der Waals surface area contributed by atoms with Gasteiger partial charge in [-0.3, -0.25) is 9.00 Å². The topological polar surface area (TPSA) is 58.2 Å². The summed E-state index contributed by atoms with van der Waals surface area (Å²) in [5.74, 6) is 0.765. The standard InChI is InChI=1S/C7H14N2O2S/c1-12(11)3-2-9-7(10)6-4-8-5-6/h6,8H,2-5H2,1H3,(H,9,10). The monoisotopic (exact) mass is 190 g/mol. The van der Waals surface area contributed by atoms with Crippen LogP contribution in [0.1, 0.15) is 0 Å². The summed E-state index contributed by atoms with van der Waals surface area (Å²) in [6.45, 7) is 2.08. The summed E-state index contributed by atoms with van der Waals surface area (Å²) in [4.78, 5) is 11.2. The fraction of sp³-hybridized carbons (Fsp3) is 0.857. The molecule has 1 heterocycles. The van der Waals surface area contributed by atoms with Gasteiger partial charge in [-0.05, 0) is 0 Å². The molecule has 0 aromatic carbocycles. The van der Waals surface area contributed by atoms with Crippen molar-refractivity contribution in [1.82, 2.24) is 10.6 Å². The zero-order valence-corrected chi connectivity index (χ0v) is 7.95. The third-order valence-corrected chi connectivity index (χ3v) is 2.62. The van der Waals surface area contributed by atoms with Gasteiger partial charge < -0.3 is 10.6 Å². The number of nitrogens with one attached hydrogen (secondary N) is 2. The lowest BCUT2D eigenvalue weighted by molar-refractivity contribution is -0.126. The molecule has 0 spiro atoms. The van der Waals surface area contributed by atoms with Crippen LogP contribution in [0.25, 0.3) is 0 Å². The molecule has 1 unspecified atom stereocenters. The maximum absolute atomic E-state index is 11.2. The van der Waals surface area contributed by atoms with Crippen LogP contribution in [0.4, 0.5) is 0 Å². The first-order valence-corrected chi connectivity index (χ1v) is 5.71. The number of carbonyl (C=O) groups excluding carboxylic acids is 1. The normalized spacial score (nSPS) is 19.8. The molecule has 1 fully saturated rings. The maximum atomic E-state index is 11.2. The minimum absolute atomic E-state index is 0.0826. The van der Waals surface area contributed by atoms with Gasteiger partial charge in [0.25, 0.3) is 0 Å². The van der Waals surface area contributed by atoms with E-state index in [0.717, 1.165) is 13.1 Å². The number of amides is 1. The summed E-state index contributed by atoms with van der Waals surface area (Å²) in [6, 6.07) is 0. The summed E-state index contributed by atoms with van der Waals surface area (Å²) < 4.78 is 10.6. The minimum Gasteiger partial charge on any atom is -0.355 e. The Kier molecular flexibility index (Phi) is 3.68. The zero-order chi connectivity index (χ0) is 8.97. The van der Waals surface area contributed by atoms with Crippen molar-refractivity contribution in [2.75, 3.05) is 31.6 Å². The summed E-state index contributed by atoms with van der Waals surface area (Å²) in [7, 11) is -0.809. The van der Waals surface area contributed by atoms with Gasteiger partial charge in [-0.1, -0.05) is 0 Å². The first kappa shape index (κ1) is 9.67. The van der Waals surface area contributed by atoms with Crippen molar-refractivity contribution < 1.29 is 9.00 Å². The molecule has 1 aliphatic heterocycles. The van der Waals surface area contributed by atoms with Crippen molar-refractivity contribution in [2.24, 2.45) is 5.92 Å². The largest absolute Gasteiger partial charge is 0.355 e. The van der Waals surface area contributed by atoms with Crippen molar-refractivity contribution >= 4 is 16.7 Å². The summed E-state index contributed by atoms with van der Waals surface area (Å²) >= 11 is 0. The smallest absolute Gasteiger partial charge is 0.225 e. The van der Waals surface area contributed by atoms with Crippen molar-refractivity contribution in [3.8, 4) is 0 Å². The Morgan fingerprint density at radius 1 is 1.67 bits per heavy atom. The van der Waals surface area contributed by atoms with Gasteiger partial charge in [-0.15, -0.1) is 0 Å². The van der Waals surface area contributed by atoms with Crippen LogP contribution in [0.5, 0.6) is 0 Å². The van der Waals surface area contributed by atoms with Crippen LogP contribution in [0.3, 0.4) is 0 Å². The van der Waals surface area contributed by atoms with Gasteiger partial charge in [0.1, 0.15) is 0 Å². The van der Waals surface area contributed by atoms with Gasteiger partial charge >= 0.3 is 0 Å². The minimum atomic E-state index is -0.809.